The summed E-state index contributed by atoms with van der Waals surface area (Å²) in [6, 6.07) is 17.4. The standard InChI is InChI=1S/C23H26N6O2/c1-2-24-23(30)27-19-5-3-17(4-6-19)21-11-12-25-22(28-21)26-18-7-9-20(10-8-18)29-13-15-31-16-14-29/h3-12H,2,13-16H2,1H3,(H2,24,27,30)(H,25,26,28). The second kappa shape index (κ2) is 9.90. The molecule has 0 bridgehead atoms. The Morgan fingerprint density at radius 1 is 1.00 bits per heavy atom. The van der Waals surface area contributed by atoms with Crippen LogP contribution in [0.15, 0.2) is 60.8 Å². The second-order valence-electron chi connectivity index (χ2n) is 7.10. The quantitative estimate of drug-likeness (QED) is 0.563. The van der Waals surface area contributed by atoms with E-state index >= 15 is 0 Å². The second-order valence-corrected chi connectivity index (χ2v) is 7.10. The summed E-state index contributed by atoms with van der Waals surface area (Å²) in [5.74, 6) is 0.529. The lowest BCUT2D eigenvalue weighted by Crippen LogP contribution is -2.36. The number of amides is 2. The maximum absolute atomic E-state index is 11.6. The van der Waals surface area contributed by atoms with Gasteiger partial charge in [-0.25, -0.2) is 14.8 Å². The topological polar surface area (TPSA) is 91.4 Å². The van der Waals surface area contributed by atoms with E-state index in [9.17, 15) is 4.79 Å². The van der Waals surface area contributed by atoms with Crippen LogP contribution in [0.2, 0.25) is 0 Å². The molecule has 1 aliphatic heterocycles. The van der Waals surface area contributed by atoms with Crippen molar-refractivity contribution in [2.24, 2.45) is 0 Å². The van der Waals surface area contributed by atoms with Gasteiger partial charge in [0.1, 0.15) is 0 Å². The van der Waals surface area contributed by atoms with E-state index in [0.29, 0.717) is 12.5 Å². The molecule has 8 heteroatoms. The van der Waals surface area contributed by atoms with Gasteiger partial charge >= 0.3 is 6.03 Å². The lowest BCUT2D eigenvalue weighted by molar-refractivity contribution is 0.122. The zero-order valence-corrected chi connectivity index (χ0v) is 17.5. The third kappa shape index (κ3) is 5.49. The number of hydrogen-bond acceptors (Lipinski definition) is 6. The smallest absolute Gasteiger partial charge is 0.319 e. The van der Waals surface area contributed by atoms with Crippen molar-refractivity contribution >= 4 is 29.0 Å². The Balaban J connectivity index is 1.41. The summed E-state index contributed by atoms with van der Waals surface area (Å²) in [7, 11) is 0. The van der Waals surface area contributed by atoms with Gasteiger partial charge in [0.2, 0.25) is 5.95 Å². The Bertz CT molecular complexity index is 1000. The molecule has 0 spiro atoms. The van der Waals surface area contributed by atoms with Crippen LogP contribution < -0.4 is 20.9 Å². The number of rotatable bonds is 6. The van der Waals surface area contributed by atoms with Crippen LogP contribution in [0.1, 0.15) is 6.92 Å². The average Bonchev–Trinajstić information content (AvgIpc) is 2.81. The number of aromatic nitrogens is 2. The first-order valence-corrected chi connectivity index (χ1v) is 10.4. The molecule has 4 rings (SSSR count). The summed E-state index contributed by atoms with van der Waals surface area (Å²) >= 11 is 0. The molecule has 1 aliphatic rings. The van der Waals surface area contributed by atoms with E-state index in [1.807, 2.05) is 49.4 Å². The number of urea groups is 1. The van der Waals surface area contributed by atoms with E-state index in [2.05, 4.69) is 43.0 Å². The lowest BCUT2D eigenvalue weighted by Gasteiger charge is -2.28. The van der Waals surface area contributed by atoms with Crippen molar-refractivity contribution in [2.45, 2.75) is 6.92 Å². The molecule has 3 N–H and O–H groups in total. The fourth-order valence-corrected chi connectivity index (χ4v) is 3.35. The Morgan fingerprint density at radius 2 is 1.71 bits per heavy atom. The first kappa shape index (κ1) is 20.6. The van der Waals surface area contributed by atoms with Crippen molar-refractivity contribution < 1.29 is 9.53 Å². The molecule has 1 fully saturated rings. The first-order valence-electron chi connectivity index (χ1n) is 10.4. The number of nitrogens with zero attached hydrogens (tertiary/aromatic N) is 3. The number of morpholine rings is 1. The van der Waals surface area contributed by atoms with Crippen molar-refractivity contribution in [1.82, 2.24) is 15.3 Å². The Morgan fingerprint density at radius 3 is 2.42 bits per heavy atom. The highest BCUT2D eigenvalue weighted by Gasteiger charge is 2.11. The van der Waals surface area contributed by atoms with E-state index in [-0.39, 0.29) is 6.03 Å². The van der Waals surface area contributed by atoms with Crippen LogP contribution in [0.4, 0.5) is 27.8 Å². The van der Waals surface area contributed by atoms with Crippen molar-refractivity contribution in [3.63, 3.8) is 0 Å². The summed E-state index contributed by atoms with van der Waals surface area (Å²) in [5, 5.41) is 8.76. The van der Waals surface area contributed by atoms with E-state index in [0.717, 1.165) is 48.9 Å². The predicted octanol–water partition coefficient (Wildman–Crippen LogP) is 3.87. The molecular formula is C23H26N6O2. The highest BCUT2D eigenvalue weighted by atomic mass is 16.5. The third-order valence-corrected chi connectivity index (χ3v) is 4.93. The molecule has 2 amide bonds. The van der Waals surface area contributed by atoms with Gasteiger partial charge in [-0.05, 0) is 49.4 Å². The van der Waals surface area contributed by atoms with Crippen LogP contribution in [0.5, 0.6) is 0 Å². The molecule has 0 atom stereocenters. The molecular weight excluding hydrogens is 392 g/mol. The van der Waals surface area contributed by atoms with Crippen molar-refractivity contribution in [1.29, 1.82) is 0 Å². The van der Waals surface area contributed by atoms with Gasteiger partial charge in [0.25, 0.3) is 0 Å². The lowest BCUT2D eigenvalue weighted by atomic mass is 10.1. The van der Waals surface area contributed by atoms with E-state index < -0.39 is 0 Å². The molecule has 2 heterocycles. The fourth-order valence-electron chi connectivity index (χ4n) is 3.35. The van der Waals surface area contributed by atoms with Crippen LogP contribution >= 0.6 is 0 Å². The number of carbonyl (C=O) groups excluding carboxylic acids is 1. The molecule has 31 heavy (non-hydrogen) atoms. The van der Waals surface area contributed by atoms with Crippen LogP contribution in [0.3, 0.4) is 0 Å². The van der Waals surface area contributed by atoms with Gasteiger partial charge in [-0.1, -0.05) is 12.1 Å². The molecule has 3 aromatic rings. The van der Waals surface area contributed by atoms with E-state index in [1.54, 1.807) is 6.20 Å². The molecule has 0 unspecified atom stereocenters. The van der Waals surface area contributed by atoms with Gasteiger partial charge in [0, 0.05) is 48.5 Å². The number of hydrogen-bond donors (Lipinski definition) is 3. The highest BCUT2D eigenvalue weighted by molar-refractivity contribution is 5.89. The number of benzene rings is 2. The van der Waals surface area contributed by atoms with Crippen molar-refractivity contribution in [3.8, 4) is 11.3 Å². The molecule has 0 aliphatic carbocycles. The van der Waals surface area contributed by atoms with Gasteiger partial charge in [0.15, 0.2) is 0 Å². The molecule has 0 saturated carbocycles. The largest absolute Gasteiger partial charge is 0.378 e. The van der Waals surface area contributed by atoms with Gasteiger partial charge in [-0.2, -0.15) is 0 Å². The average molecular weight is 419 g/mol. The minimum absolute atomic E-state index is 0.219. The van der Waals surface area contributed by atoms with Gasteiger partial charge in [-0.15, -0.1) is 0 Å². The molecule has 8 nitrogen and oxygen atoms in total. The normalized spacial score (nSPS) is 13.5. The fraction of sp³-hybridized carbons (Fsp3) is 0.261. The van der Waals surface area contributed by atoms with Crippen molar-refractivity contribution in [2.75, 3.05) is 48.4 Å². The Hall–Kier alpha value is -3.65. The minimum atomic E-state index is -0.219. The number of anilines is 4. The summed E-state index contributed by atoms with van der Waals surface area (Å²) < 4.78 is 5.41. The maximum Gasteiger partial charge on any atom is 0.319 e. The van der Waals surface area contributed by atoms with E-state index in [4.69, 9.17) is 4.74 Å². The van der Waals surface area contributed by atoms with Crippen LogP contribution in [-0.4, -0.2) is 48.8 Å². The molecule has 2 aromatic carbocycles. The zero-order valence-electron chi connectivity index (χ0n) is 17.5. The molecule has 1 aromatic heterocycles. The molecule has 0 radical (unpaired) electrons. The molecule has 160 valence electrons. The molecule has 1 saturated heterocycles. The predicted molar refractivity (Wildman–Crippen MR) is 123 cm³/mol. The van der Waals surface area contributed by atoms with Crippen LogP contribution in [-0.2, 0) is 4.74 Å². The van der Waals surface area contributed by atoms with Gasteiger partial charge < -0.3 is 25.6 Å². The summed E-state index contributed by atoms with van der Waals surface area (Å²) in [6.07, 6.45) is 1.73. The first-order chi connectivity index (χ1) is 15.2. The summed E-state index contributed by atoms with van der Waals surface area (Å²) in [5.41, 5.74) is 4.57. The Labute approximate surface area is 181 Å². The maximum atomic E-state index is 11.6. The van der Waals surface area contributed by atoms with Crippen LogP contribution in [0, 0.1) is 0 Å². The SMILES string of the molecule is CCNC(=O)Nc1ccc(-c2ccnc(Nc3ccc(N4CCOCC4)cc3)n2)cc1. The third-order valence-electron chi connectivity index (χ3n) is 4.93. The number of carbonyl (C=O) groups is 1. The Kier molecular flexibility index (Phi) is 6.59. The van der Waals surface area contributed by atoms with Gasteiger partial charge in [0.05, 0.1) is 18.9 Å². The monoisotopic (exact) mass is 418 g/mol. The zero-order chi connectivity index (χ0) is 21.5. The summed E-state index contributed by atoms with van der Waals surface area (Å²) in [4.78, 5) is 22.9. The van der Waals surface area contributed by atoms with Gasteiger partial charge in [-0.3, -0.25) is 0 Å². The van der Waals surface area contributed by atoms with E-state index in [1.165, 1.54) is 5.69 Å². The minimum Gasteiger partial charge on any atom is -0.378 e. The number of ether oxygens (including phenoxy) is 1. The highest BCUT2D eigenvalue weighted by Crippen LogP contribution is 2.23. The number of nitrogens with one attached hydrogen (secondary N) is 3. The van der Waals surface area contributed by atoms with Crippen molar-refractivity contribution in [3.05, 3.63) is 60.8 Å². The van der Waals surface area contributed by atoms with Crippen LogP contribution in [0.25, 0.3) is 11.3 Å². The summed E-state index contributed by atoms with van der Waals surface area (Å²) in [6.45, 7) is 5.82.